The van der Waals surface area contributed by atoms with Crippen molar-refractivity contribution < 1.29 is 14.7 Å². The van der Waals surface area contributed by atoms with E-state index in [0.29, 0.717) is 15.6 Å². The minimum absolute atomic E-state index is 0.0926. The summed E-state index contributed by atoms with van der Waals surface area (Å²) < 4.78 is 4.02. The average molecular weight is 296 g/mol. The largest absolute Gasteiger partial charge is 0.478 e. The molecule has 1 N–H and O–H groups in total. The van der Waals surface area contributed by atoms with Gasteiger partial charge in [0.15, 0.2) is 0 Å². The summed E-state index contributed by atoms with van der Waals surface area (Å²) in [5, 5.41) is 11.4. The highest BCUT2D eigenvalue weighted by molar-refractivity contribution is 7.13. The van der Waals surface area contributed by atoms with E-state index in [1.54, 1.807) is 14.0 Å². The number of carbonyl (C=O) groups excluding carboxylic acids is 1. The number of carboxylic acid groups (broad SMARTS) is 1. The molecule has 0 aliphatic rings. The number of hydrogen-bond acceptors (Lipinski definition) is 5. The molecule has 0 saturated carbocycles. The van der Waals surface area contributed by atoms with Crippen molar-refractivity contribution >= 4 is 39.7 Å². The molecule has 0 spiro atoms. The van der Waals surface area contributed by atoms with Crippen LogP contribution in [-0.2, 0) is 0 Å². The molecule has 2 aromatic rings. The Bertz CT molecular complexity index is 645. The maximum absolute atomic E-state index is 12.3. The number of rotatable bonds is 3. The van der Waals surface area contributed by atoms with Gasteiger partial charge in [-0.1, -0.05) is 0 Å². The molecule has 0 aliphatic heterocycles. The van der Waals surface area contributed by atoms with Gasteiger partial charge in [0.25, 0.3) is 5.91 Å². The van der Waals surface area contributed by atoms with Crippen LogP contribution in [0.5, 0.6) is 0 Å². The van der Waals surface area contributed by atoms with Gasteiger partial charge < -0.3 is 10.0 Å². The van der Waals surface area contributed by atoms with E-state index in [1.165, 1.54) is 16.2 Å². The summed E-state index contributed by atoms with van der Waals surface area (Å²) >= 11 is 2.37. The first-order chi connectivity index (χ1) is 8.93. The zero-order chi connectivity index (χ0) is 14.2. The molecule has 0 fully saturated rings. The number of carboxylic acids is 1. The second-order valence-electron chi connectivity index (χ2n) is 4.05. The normalized spacial score (nSPS) is 10.5. The quantitative estimate of drug-likeness (QED) is 0.945. The van der Waals surface area contributed by atoms with Crippen LogP contribution in [0.4, 0.5) is 5.00 Å². The molecule has 0 aliphatic carbocycles. The first kappa shape index (κ1) is 13.7. The van der Waals surface area contributed by atoms with E-state index in [1.807, 2.05) is 18.4 Å². The lowest BCUT2D eigenvalue weighted by molar-refractivity contribution is 0.0697. The van der Waals surface area contributed by atoms with E-state index in [2.05, 4.69) is 4.37 Å². The second-order valence-corrected chi connectivity index (χ2v) is 5.72. The van der Waals surface area contributed by atoms with Crippen molar-refractivity contribution in [2.75, 3.05) is 11.9 Å². The maximum atomic E-state index is 12.3. The summed E-state index contributed by atoms with van der Waals surface area (Å²) in [5.41, 5.74) is 1.41. The Hall–Kier alpha value is -1.73. The average Bonchev–Trinajstić information content (AvgIpc) is 2.93. The lowest BCUT2D eigenvalue weighted by Gasteiger charge is -2.15. The number of amides is 1. The van der Waals surface area contributed by atoms with Gasteiger partial charge in [-0.25, -0.2) is 4.79 Å². The fourth-order valence-electron chi connectivity index (χ4n) is 1.67. The van der Waals surface area contributed by atoms with Crippen LogP contribution in [-0.4, -0.2) is 28.4 Å². The molecule has 0 unspecified atom stereocenters. The molecule has 0 radical (unpaired) electrons. The van der Waals surface area contributed by atoms with Crippen LogP contribution in [0.3, 0.4) is 0 Å². The monoisotopic (exact) mass is 296 g/mol. The van der Waals surface area contributed by atoms with Crippen LogP contribution in [0.15, 0.2) is 11.4 Å². The fourth-order valence-corrected chi connectivity index (χ4v) is 3.42. The predicted octanol–water partition coefficient (Wildman–Crippen LogP) is 2.80. The number of nitrogens with zero attached hydrogens (tertiary/aromatic N) is 2. The Morgan fingerprint density at radius 1 is 1.37 bits per heavy atom. The molecule has 5 nitrogen and oxygen atoms in total. The number of carbonyl (C=O) groups is 2. The zero-order valence-electron chi connectivity index (χ0n) is 10.6. The summed E-state index contributed by atoms with van der Waals surface area (Å²) in [6.07, 6.45) is 0. The molecule has 7 heteroatoms. The standard InChI is InChI=1S/C12H12N2O3S2/c1-6-4-5-18-9(6)10(15)14(3)11-8(12(16)17)7(2)13-19-11/h4-5H,1-3H3,(H,16,17). The van der Waals surface area contributed by atoms with Crippen molar-refractivity contribution in [3.05, 3.63) is 33.1 Å². The predicted molar refractivity (Wildman–Crippen MR) is 75.6 cm³/mol. The summed E-state index contributed by atoms with van der Waals surface area (Å²) in [6.45, 7) is 3.48. The van der Waals surface area contributed by atoms with Crippen molar-refractivity contribution in [1.82, 2.24) is 4.37 Å². The van der Waals surface area contributed by atoms with E-state index < -0.39 is 5.97 Å². The van der Waals surface area contributed by atoms with Crippen LogP contribution in [0.25, 0.3) is 0 Å². The highest BCUT2D eigenvalue weighted by Crippen LogP contribution is 2.30. The van der Waals surface area contributed by atoms with Crippen molar-refractivity contribution in [3.8, 4) is 0 Å². The smallest absolute Gasteiger partial charge is 0.340 e. The fraction of sp³-hybridized carbons (Fsp3) is 0.250. The first-order valence-electron chi connectivity index (χ1n) is 5.45. The highest BCUT2D eigenvalue weighted by atomic mass is 32.1. The van der Waals surface area contributed by atoms with Gasteiger partial charge in [0.2, 0.25) is 0 Å². The maximum Gasteiger partial charge on any atom is 0.340 e. The van der Waals surface area contributed by atoms with Gasteiger partial charge in [-0.2, -0.15) is 4.37 Å². The van der Waals surface area contributed by atoms with E-state index in [4.69, 9.17) is 0 Å². The Morgan fingerprint density at radius 3 is 2.58 bits per heavy atom. The molecule has 100 valence electrons. The first-order valence-corrected chi connectivity index (χ1v) is 7.10. The molecule has 1 amide bonds. The lowest BCUT2D eigenvalue weighted by atomic mass is 10.2. The lowest BCUT2D eigenvalue weighted by Crippen LogP contribution is -2.26. The molecule has 19 heavy (non-hydrogen) atoms. The number of aromatic nitrogens is 1. The summed E-state index contributed by atoms with van der Waals surface area (Å²) in [7, 11) is 1.57. The van der Waals surface area contributed by atoms with Gasteiger partial charge in [-0.15, -0.1) is 11.3 Å². The third kappa shape index (κ3) is 2.39. The third-order valence-electron chi connectivity index (χ3n) is 2.72. The third-order valence-corrected chi connectivity index (χ3v) is 4.74. The molecular formula is C12H12N2O3S2. The number of thiophene rings is 1. The molecule has 0 aromatic carbocycles. The number of anilines is 1. The van der Waals surface area contributed by atoms with E-state index >= 15 is 0 Å². The van der Waals surface area contributed by atoms with Crippen molar-refractivity contribution in [1.29, 1.82) is 0 Å². The molecule has 0 atom stereocenters. The molecule has 0 saturated heterocycles. The van der Waals surface area contributed by atoms with Gasteiger partial charge in [-0.05, 0) is 42.4 Å². The Labute approximate surface area is 118 Å². The van der Waals surface area contributed by atoms with Gasteiger partial charge in [0, 0.05) is 7.05 Å². The SMILES string of the molecule is Cc1ccsc1C(=O)N(C)c1snc(C)c1C(=O)O. The minimum atomic E-state index is -1.07. The molecule has 2 rings (SSSR count). The highest BCUT2D eigenvalue weighted by Gasteiger charge is 2.25. The second kappa shape index (κ2) is 5.10. The summed E-state index contributed by atoms with van der Waals surface area (Å²) in [5.74, 6) is -1.28. The van der Waals surface area contributed by atoms with Crippen molar-refractivity contribution in [2.24, 2.45) is 0 Å². The van der Waals surface area contributed by atoms with E-state index in [9.17, 15) is 14.7 Å². The minimum Gasteiger partial charge on any atom is -0.478 e. The van der Waals surface area contributed by atoms with Crippen LogP contribution in [0.2, 0.25) is 0 Å². The van der Waals surface area contributed by atoms with Crippen molar-refractivity contribution in [2.45, 2.75) is 13.8 Å². The number of aryl methyl sites for hydroxylation is 2. The Kier molecular flexibility index (Phi) is 3.68. The molecule has 0 bridgehead atoms. The van der Waals surface area contributed by atoms with Gasteiger partial charge in [0.05, 0.1) is 10.6 Å². The topological polar surface area (TPSA) is 70.5 Å². The van der Waals surface area contributed by atoms with E-state index in [-0.39, 0.29) is 11.5 Å². The molecule has 2 aromatic heterocycles. The van der Waals surface area contributed by atoms with Gasteiger partial charge >= 0.3 is 5.97 Å². The van der Waals surface area contributed by atoms with Crippen molar-refractivity contribution in [3.63, 3.8) is 0 Å². The summed E-state index contributed by atoms with van der Waals surface area (Å²) in [6, 6.07) is 1.86. The van der Waals surface area contributed by atoms with Crippen LogP contribution in [0, 0.1) is 13.8 Å². The molecule has 2 heterocycles. The van der Waals surface area contributed by atoms with E-state index in [0.717, 1.165) is 17.1 Å². The number of aromatic carboxylic acids is 1. The zero-order valence-corrected chi connectivity index (χ0v) is 12.3. The Morgan fingerprint density at radius 2 is 2.05 bits per heavy atom. The van der Waals surface area contributed by atoms with Crippen LogP contribution < -0.4 is 4.90 Å². The number of hydrogen-bond donors (Lipinski definition) is 1. The van der Waals surface area contributed by atoms with Crippen LogP contribution >= 0.6 is 22.9 Å². The van der Waals surface area contributed by atoms with Gasteiger partial charge in [0.1, 0.15) is 10.6 Å². The van der Waals surface area contributed by atoms with Gasteiger partial charge in [-0.3, -0.25) is 4.79 Å². The van der Waals surface area contributed by atoms with Crippen LogP contribution in [0.1, 0.15) is 31.3 Å². The summed E-state index contributed by atoms with van der Waals surface area (Å²) in [4.78, 5) is 25.5. The molecular weight excluding hydrogens is 284 g/mol. The Balaban J connectivity index is 2.40.